The van der Waals surface area contributed by atoms with Crippen molar-refractivity contribution < 1.29 is 4.74 Å². The van der Waals surface area contributed by atoms with Crippen LogP contribution in [0, 0.1) is 0 Å². The Morgan fingerprint density at radius 2 is 2.06 bits per heavy atom. The summed E-state index contributed by atoms with van der Waals surface area (Å²) in [4.78, 5) is 17.7. The molecule has 1 heterocycles. The van der Waals surface area contributed by atoms with Crippen LogP contribution in [0.1, 0.15) is 0 Å². The van der Waals surface area contributed by atoms with Crippen LogP contribution in [0.25, 0.3) is 0 Å². The highest BCUT2D eigenvalue weighted by Crippen LogP contribution is 2.14. The van der Waals surface area contributed by atoms with Crippen molar-refractivity contribution >= 4 is 17.4 Å². The van der Waals surface area contributed by atoms with Gasteiger partial charge in [-0.2, -0.15) is 0 Å². The minimum atomic E-state index is -0.146. The molecule has 0 radical (unpaired) electrons. The average Bonchev–Trinajstić information content (AvgIpc) is 2.37. The van der Waals surface area contributed by atoms with Gasteiger partial charge in [-0.1, -0.05) is 11.8 Å². The van der Waals surface area contributed by atoms with E-state index >= 15 is 0 Å². The molecule has 0 bridgehead atoms. The van der Waals surface area contributed by atoms with Crippen LogP contribution < -0.4 is 16.0 Å². The summed E-state index contributed by atoms with van der Waals surface area (Å²) < 4.78 is 5.52. The summed E-state index contributed by atoms with van der Waals surface area (Å²) in [6.45, 7) is 0.535. The van der Waals surface area contributed by atoms with Gasteiger partial charge in [0.05, 0.1) is 6.61 Å². The Morgan fingerprint density at radius 3 is 2.78 bits per heavy atom. The normalized spacial score (nSPS) is 10.2. The van der Waals surface area contributed by atoms with Crippen LogP contribution in [0.4, 0.5) is 5.69 Å². The molecule has 0 fully saturated rings. The molecule has 1 aromatic carbocycles. The van der Waals surface area contributed by atoms with Gasteiger partial charge in [-0.3, -0.25) is 4.79 Å². The van der Waals surface area contributed by atoms with Crippen LogP contribution in [0.3, 0.4) is 0 Å². The third-order valence-electron chi connectivity index (χ3n) is 2.12. The highest BCUT2D eigenvalue weighted by molar-refractivity contribution is 7.99. The maximum atomic E-state index is 11.0. The maximum Gasteiger partial charge on any atom is 0.251 e. The molecular weight excluding hydrogens is 250 g/mol. The zero-order chi connectivity index (χ0) is 12.8. The lowest BCUT2D eigenvalue weighted by Gasteiger charge is -2.05. The number of nitrogens with two attached hydrogens (primary N) is 1. The van der Waals surface area contributed by atoms with Gasteiger partial charge in [0.1, 0.15) is 5.75 Å². The van der Waals surface area contributed by atoms with Gasteiger partial charge in [-0.05, 0) is 24.3 Å². The number of aromatic amines is 1. The van der Waals surface area contributed by atoms with Crippen LogP contribution >= 0.6 is 11.8 Å². The molecule has 2 aromatic rings. The fourth-order valence-electron chi connectivity index (χ4n) is 1.29. The summed E-state index contributed by atoms with van der Waals surface area (Å²) in [5.41, 5.74) is 6.13. The number of hydrogen-bond acceptors (Lipinski definition) is 5. The van der Waals surface area contributed by atoms with E-state index in [1.165, 1.54) is 24.0 Å². The molecule has 94 valence electrons. The van der Waals surface area contributed by atoms with E-state index < -0.39 is 0 Å². The lowest BCUT2D eigenvalue weighted by atomic mass is 10.3. The molecule has 2 rings (SSSR count). The number of ether oxygens (including phenoxy) is 1. The summed E-state index contributed by atoms with van der Waals surface area (Å²) in [5, 5.41) is 0.600. The Labute approximate surface area is 108 Å². The van der Waals surface area contributed by atoms with Crippen LogP contribution in [0.15, 0.2) is 46.5 Å². The number of rotatable bonds is 5. The summed E-state index contributed by atoms with van der Waals surface area (Å²) in [5.74, 6) is 1.48. The first-order valence-electron chi connectivity index (χ1n) is 5.40. The molecular formula is C12H13N3O2S. The molecule has 0 aliphatic heterocycles. The molecule has 1 aromatic heterocycles. The first kappa shape index (κ1) is 12.5. The molecule has 0 aliphatic carbocycles. The predicted molar refractivity (Wildman–Crippen MR) is 71.9 cm³/mol. The van der Waals surface area contributed by atoms with Crippen molar-refractivity contribution in [3.63, 3.8) is 0 Å². The van der Waals surface area contributed by atoms with E-state index in [1.807, 2.05) is 12.1 Å². The largest absolute Gasteiger partial charge is 0.493 e. The summed E-state index contributed by atoms with van der Waals surface area (Å²) in [6.07, 6.45) is 1.49. The highest BCUT2D eigenvalue weighted by Gasteiger charge is 1.97. The Hall–Kier alpha value is -1.95. The van der Waals surface area contributed by atoms with E-state index in [-0.39, 0.29) is 5.56 Å². The van der Waals surface area contributed by atoms with Crippen LogP contribution in [-0.2, 0) is 0 Å². The van der Waals surface area contributed by atoms with Gasteiger partial charge in [0.2, 0.25) is 0 Å². The molecule has 0 spiro atoms. The SMILES string of the molecule is Nc1ccc(OCCSc2nccc(=O)[nH]2)cc1. The lowest BCUT2D eigenvalue weighted by molar-refractivity contribution is 0.344. The maximum absolute atomic E-state index is 11.0. The van der Waals surface area contributed by atoms with Crippen LogP contribution in [-0.4, -0.2) is 22.3 Å². The van der Waals surface area contributed by atoms with Crippen LogP contribution in [0.5, 0.6) is 5.75 Å². The second-order valence-corrected chi connectivity index (χ2v) is 4.59. The van der Waals surface area contributed by atoms with E-state index in [0.717, 1.165) is 5.75 Å². The first-order chi connectivity index (χ1) is 8.74. The number of nitrogens with one attached hydrogen (secondary N) is 1. The van der Waals surface area contributed by atoms with Crippen molar-refractivity contribution in [2.24, 2.45) is 0 Å². The van der Waals surface area contributed by atoms with E-state index in [1.54, 1.807) is 12.1 Å². The van der Waals surface area contributed by atoms with Crippen molar-refractivity contribution in [2.75, 3.05) is 18.1 Å². The summed E-state index contributed by atoms with van der Waals surface area (Å²) in [6, 6.07) is 8.61. The van der Waals surface area contributed by atoms with Crippen molar-refractivity contribution in [3.8, 4) is 5.75 Å². The fourth-order valence-corrected chi connectivity index (χ4v) is 1.96. The lowest BCUT2D eigenvalue weighted by Crippen LogP contribution is -2.07. The molecule has 0 unspecified atom stereocenters. The Morgan fingerprint density at radius 1 is 1.28 bits per heavy atom. The predicted octanol–water partition coefficient (Wildman–Crippen LogP) is 1.52. The molecule has 0 saturated heterocycles. The third-order valence-corrected chi connectivity index (χ3v) is 2.97. The van der Waals surface area contributed by atoms with Crippen LogP contribution in [0.2, 0.25) is 0 Å². The molecule has 0 saturated carbocycles. The van der Waals surface area contributed by atoms with E-state index in [0.29, 0.717) is 23.2 Å². The van der Waals surface area contributed by atoms with Gasteiger partial charge in [-0.25, -0.2) is 4.98 Å². The number of hydrogen-bond donors (Lipinski definition) is 2. The number of nitrogens with zero attached hydrogens (tertiary/aromatic N) is 1. The Kier molecular flexibility index (Phi) is 4.25. The molecule has 5 nitrogen and oxygen atoms in total. The van der Waals surface area contributed by atoms with E-state index in [2.05, 4.69) is 9.97 Å². The van der Waals surface area contributed by atoms with Gasteiger partial charge in [0.15, 0.2) is 5.16 Å². The van der Waals surface area contributed by atoms with Crippen molar-refractivity contribution in [2.45, 2.75) is 5.16 Å². The molecule has 0 aliphatic rings. The quantitative estimate of drug-likeness (QED) is 0.370. The number of aromatic nitrogens is 2. The Bertz CT molecular complexity index is 554. The molecule has 0 atom stereocenters. The number of nitrogen functional groups attached to an aromatic ring is 1. The minimum absolute atomic E-state index is 0.146. The van der Waals surface area contributed by atoms with Gasteiger partial charge in [0.25, 0.3) is 5.56 Å². The topological polar surface area (TPSA) is 81.0 Å². The summed E-state index contributed by atoms with van der Waals surface area (Å²) >= 11 is 1.44. The van der Waals surface area contributed by atoms with Gasteiger partial charge >= 0.3 is 0 Å². The molecule has 18 heavy (non-hydrogen) atoms. The second kappa shape index (κ2) is 6.11. The zero-order valence-corrected chi connectivity index (χ0v) is 10.4. The number of benzene rings is 1. The van der Waals surface area contributed by atoms with E-state index in [9.17, 15) is 4.79 Å². The van der Waals surface area contributed by atoms with Gasteiger partial charge in [-0.15, -0.1) is 0 Å². The van der Waals surface area contributed by atoms with Crippen molar-refractivity contribution in [3.05, 3.63) is 46.9 Å². The standard InChI is InChI=1S/C12H13N3O2S/c13-9-1-3-10(4-2-9)17-7-8-18-12-14-6-5-11(16)15-12/h1-6H,7-8,13H2,(H,14,15,16). The Balaban J connectivity index is 1.76. The average molecular weight is 263 g/mol. The summed E-state index contributed by atoms with van der Waals surface area (Å²) in [7, 11) is 0. The number of H-pyrrole nitrogens is 1. The second-order valence-electron chi connectivity index (χ2n) is 3.51. The smallest absolute Gasteiger partial charge is 0.251 e. The highest BCUT2D eigenvalue weighted by atomic mass is 32.2. The molecule has 0 amide bonds. The number of thioether (sulfide) groups is 1. The third kappa shape index (κ3) is 3.81. The number of anilines is 1. The van der Waals surface area contributed by atoms with Gasteiger partial charge in [0, 0.05) is 23.7 Å². The first-order valence-corrected chi connectivity index (χ1v) is 6.39. The zero-order valence-electron chi connectivity index (χ0n) is 9.63. The van der Waals surface area contributed by atoms with Gasteiger partial charge < -0.3 is 15.5 Å². The monoisotopic (exact) mass is 263 g/mol. The van der Waals surface area contributed by atoms with Crippen molar-refractivity contribution in [1.29, 1.82) is 0 Å². The molecule has 6 heteroatoms. The van der Waals surface area contributed by atoms with E-state index in [4.69, 9.17) is 10.5 Å². The minimum Gasteiger partial charge on any atom is -0.493 e. The molecule has 3 N–H and O–H groups in total. The fraction of sp³-hybridized carbons (Fsp3) is 0.167. The van der Waals surface area contributed by atoms with Crippen molar-refractivity contribution in [1.82, 2.24) is 9.97 Å².